The average molecular weight is 433 g/mol. The van der Waals surface area contributed by atoms with Gasteiger partial charge in [-0.2, -0.15) is 0 Å². The minimum absolute atomic E-state index is 0.0616. The van der Waals surface area contributed by atoms with E-state index in [0.29, 0.717) is 45.8 Å². The molecule has 32 heavy (non-hydrogen) atoms. The zero-order valence-corrected chi connectivity index (χ0v) is 17.8. The maximum absolute atomic E-state index is 13.0. The number of benzene rings is 2. The quantitative estimate of drug-likeness (QED) is 0.633. The number of anilines is 1. The Labute approximate surface area is 184 Å². The number of rotatable bonds is 3. The fourth-order valence-corrected chi connectivity index (χ4v) is 4.27. The lowest BCUT2D eigenvalue weighted by molar-refractivity contribution is 0.101. The Hall–Kier alpha value is -3.68. The Kier molecular flexibility index (Phi) is 5.13. The molecular formula is C24H23N3O5. The maximum atomic E-state index is 13.0. The normalized spacial score (nSPS) is 15.0. The molecule has 0 bridgehead atoms. The lowest BCUT2D eigenvalue weighted by Crippen LogP contribution is -2.26. The van der Waals surface area contributed by atoms with E-state index in [2.05, 4.69) is 5.32 Å². The van der Waals surface area contributed by atoms with Crippen molar-refractivity contribution in [1.29, 1.82) is 0 Å². The van der Waals surface area contributed by atoms with Crippen LogP contribution >= 0.6 is 0 Å². The van der Waals surface area contributed by atoms with Crippen molar-refractivity contribution >= 4 is 28.3 Å². The van der Waals surface area contributed by atoms with Crippen molar-refractivity contribution in [2.24, 2.45) is 0 Å². The van der Waals surface area contributed by atoms with E-state index in [1.807, 2.05) is 0 Å². The van der Waals surface area contributed by atoms with Gasteiger partial charge in [0, 0.05) is 30.2 Å². The summed E-state index contributed by atoms with van der Waals surface area (Å²) in [5.74, 6) is 1.11. The number of hydrogen-bond acceptors (Lipinski definition) is 6. The molecule has 2 aliphatic rings. The third-order valence-corrected chi connectivity index (χ3v) is 5.97. The van der Waals surface area contributed by atoms with Crippen molar-refractivity contribution in [3.05, 3.63) is 57.6 Å². The number of aromatic nitrogens is 2. The Morgan fingerprint density at radius 3 is 2.62 bits per heavy atom. The molecule has 1 N–H and O–H groups in total. The molecule has 2 aromatic carbocycles. The highest BCUT2D eigenvalue weighted by molar-refractivity contribution is 6.10. The lowest BCUT2D eigenvalue weighted by Gasteiger charge is -2.16. The molecule has 0 aliphatic carbocycles. The third-order valence-electron chi connectivity index (χ3n) is 5.97. The first-order chi connectivity index (χ1) is 15.5. The van der Waals surface area contributed by atoms with Gasteiger partial charge in [0.25, 0.3) is 11.5 Å². The Bertz CT molecular complexity index is 1310. The van der Waals surface area contributed by atoms with Crippen molar-refractivity contribution in [3.63, 3.8) is 0 Å². The van der Waals surface area contributed by atoms with E-state index in [9.17, 15) is 14.4 Å². The fourth-order valence-electron chi connectivity index (χ4n) is 4.27. The summed E-state index contributed by atoms with van der Waals surface area (Å²) < 4.78 is 12.5. The minimum Gasteiger partial charge on any atom is -0.454 e. The molecular weight excluding hydrogens is 410 g/mol. The van der Waals surface area contributed by atoms with Crippen molar-refractivity contribution in [2.75, 3.05) is 12.1 Å². The largest absolute Gasteiger partial charge is 0.454 e. The highest BCUT2D eigenvalue weighted by Crippen LogP contribution is 2.37. The van der Waals surface area contributed by atoms with Gasteiger partial charge in [-0.15, -0.1) is 0 Å². The second kappa shape index (κ2) is 8.11. The van der Waals surface area contributed by atoms with Crippen LogP contribution in [-0.4, -0.2) is 28.0 Å². The Morgan fingerprint density at radius 1 is 1.03 bits per heavy atom. The van der Waals surface area contributed by atoms with Gasteiger partial charge in [0.05, 0.1) is 16.6 Å². The highest BCUT2D eigenvalue weighted by Gasteiger charge is 2.21. The van der Waals surface area contributed by atoms with E-state index in [-0.39, 0.29) is 18.1 Å². The van der Waals surface area contributed by atoms with Gasteiger partial charge in [-0.3, -0.25) is 19.0 Å². The molecule has 8 heteroatoms. The number of carbonyl (C=O) groups is 2. The van der Waals surface area contributed by atoms with Crippen LogP contribution in [0.2, 0.25) is 0 Å². The summed E-state index contributed by atoms with van der Waals surface area (Å²) in [5.41, 5.74) is 1.48. The summed E-state index contributed by atoms with van der Waals surface area (Å²) in [5, 5.41) is 3.29. The van der Waals surface area contributed by atoms with E-state index in [4.69, 9.17) is 14.5 Å². The van der Waals surface area contributed by atoms with Gasteiger partial charge in [0.1, 0.15) is 5.82 Å². The number of nitrogens with zero attached hydrogens (tertiary/aromatic N) is 2. The van der Waals surface area contributed by atoms with Gasteiger partial charge in [-0.05, 0) is 44.0 Å². The molecule has 0 spiro atoms. The van der Waals surface area contributed by atoms with Crippen LogP contribution in [0.3, 0.4) is 0 Å². The van der Waals surface area contributed by atoms with Crippen LogP contribution in [0.1, 0.15) is 59.1 Å². The molecule has 5 rings (SSSR count). The van der Waals surface area contributed by atoms with Gasteiger partial charge in [0.15, 0.2) is 17.3 Å². The number of aryl methyl sites for hydroxylation is 1. The molecule has 0 radical (unpaired) electrons. The predicted molar refractivity (Wildman–Crippen MR) is 119 cm³/mol. The zero-order chi connectivity index (χ0) is 22.2. The molecule has 0 unspecified atom stereocenters. The van der Waals surface area contributed by atoms with Gasteiger partial charge >= 0.3 is 0 Å². The van der Waals surface area contributed by atoms with Gasteiger partial charge in [-0.25, -0.2) is 4.98 Å². The zero-order valence-electron chi connectivity index (χ0n) is 17.8. The summed E-state index contributed by atoms with van der Waals surface area (Å²) >= 11 is 0. The first kappa shape index (κ1) is 20.2. The summed E-state index contributed by atoms with van der Waals surface area (Å²) in [6.07, 6.45) is 4.96. The summed E-state index contributed by atoms with van der Waals surface area (Å²) in [7, 11) is 0. The topological polar surface area (TPSA) is 99.5 Å². The minimum atomic E-state index is -0.401. The highest BCUT2D eigenvalue weighted by atomic mass is 16.7. The molecule has 2 aliphatic heterocycles. The average Bonchev–Trinajstić information content (AvgIpc) is 3.21. The first-order valence-electron chi connectivity index (χ1n) is 10.8. The van der Waals surface area contributed by atoms with Crippen LogP contribution in [0.25, 0.3) is 10.9 Å². The number of ketones is 1. The molecule has 0 fully saturated rings. The SMILES string of the molecule is CC(=O)c1cc2c(cc1NC(=O)c1ccc3c(=O)n4c(nc3c1)CCCCCC4)OCO2. The van der Waals surface area contributed by atoms with Crippen LogP contribution < -0.4 is 20.3 Å². The van der Waals surface area contributed by atoms with Crippen LogP contribution in [-0.2, 0) is 13.0 Å². The van der Waals surface area contributed by atoms with Crippen LogP contribution in [0, 0.1) is 0 Å². The lowest BCUT2D eigenvalue weighted by atomic mass is 10.1. The number of amides is 1. The van der Waals surface area contributed by atoms with Crippen LogP contribution in [0.15, 0.2) is 35.1 Å². The molecule has 164 valence electrons. The molecule has 3 aromatic rings. The van der Waals surface area contributed by atoms with Crippen molar-refractivity contribution in [1.82, 2.24) is 9.55 Å². The molecule has 1 amide bonds. The number of Topliss-reactive ketones (excluding diaryl/α,β-unsaturated/α-hetero) is 1. The molecule has 0 atom stereocenters. The summed E-state index contributed by atoms with van der Waals surface area (Å²) in [6.45, 7) is 2.17. The molecule has 0 saturated carbocycles. The van der Waals surface area contributed by atoms with Gasteiger partial charge in [-0.1, -0.05) is 12.8 Å². The molecule has 1 aromatic heterocycles. The second-order valence-electron chi connectivity index (χ2n) is 8.14. The van der Waals surface area contributed by atoms with Crippen LogP contribution in [0.5, 0.6) is 11.5 Å². The van der Waals surface area contributed by atoms with Gasteiger partial charge in [0.2, 0.25) is 6.79 Å². The molecule has 3 heterocycles. The smallest absolute Gasteiger partial charge is 0.261 e. The third kappa shape index (κ3) is 3.62. The second-order valence-corrected chi connectivity index (χ2v) is 8.14. The fraction of sp³-hybridized carbons (Fsp3) is 0.333. The van der Waals surface area contributed by atoms with E-state index in [0.717, 1.165) is 37.9 Å². The standard InChI is InChI=1S/C24H23N3O5/c1-14(28)17-11-20-21(32-13-31-20)12-19(17)26-23(29)15-7-8-16-18(10-15)25-22-6-4-2-3-5-9-27(22)24(16)30/h7-8,10-12H,2-6,9,13H2,1H3,(H,26,29). The molecule has 0 saturated heterocycles. The van der Waals surface area contributed by atoms with E-state index in [1.165, 1.54) is 6.92 Å². The van der Waals surface area contributed by atoms with E-state index < -0.39 is 5.91 Å². The number of ether oxygens (including phenoxy) is 2. The van der Waals surface area contributed by atoms with E-state index in [1.54, 1.807) is 34.9 Å². The maximum Gasteiger partial charge on any atom is 0.261 e. The summed E-state index contributed by atoms with van der Waals surface area (Å²) in [6, 6.07) is 8.05. The van der Waals surface area contributed by atoms with Gasteiger partial charge < -0.3 is 14.8 Å². The number of hydrogen-bond donors (Lipinski definition) is 1. The molecule has 8 nitrogen and oxygen atoms in total. The Balaban J connectivity index is 1.50. The van der Waals surface area contributed by atoms with Crippen molar-refractivity contribution in [2.45, 2.75) is 45.6 Å². The Morgan fingerprint density at radius 2 is 1.81 bits per heavy atom. The first-order valence-corrected chi connectivity index (χ1v) is 10.8. The number of fused-ring (bicyclic) bond motifs is 3. The summed E-state index contributed by atoms with van der Waals surface area (Å²) in [4.78, 5) is 42.8. The van der Waals surface area contributed by atoms with Crippen LogP contribution in [0.4, 0.5) is 5.69 Å². The number of carbonyl (C=O) groups excluding carboxylic acids is 2. The number of nitrogens with one attached hydrogen (secondary N) is 1. The predicted octanol–water partition coefficient (Wildman–Crippen LogP) is 3.70. The van der Waals surface area contributed by atoms with Crippen molar-refractivity contribution in [3.8, 4) is 11.5 Å². The monoisotopic (exact) mass is 433 g/mol. The van der Waals surface area contributed by atoms with Crippen molar-refractivity contribution < 1.29 is 19.1 Å². The van der Waals surface area contributed by atoms with E-state index >= 15 is 0 Å².